The second-order valence-corrected chi connectivity index (χ2v) is 6.57. The van der Waals surface area contributed by atoms with Gasteiger partial charge < -0.3 is 4.74 Å². The number of aromatic nitrogens is 1. The van der Waals surface area contributed by atoms with Gasteiger partial charge in [-0.3, -0.25) is 9.69 Å². The Balaban J connectivity index is 1.80. The Morgan fingerprint density at radius 2 is 2.04 bits per heavy atom. The largest absolute Gasteiger partial charge is 0.497 e. The lowest BCUT2D eigenvalue weighted by Gasteiger charge is -2.15. The smallest absolute Gasteiger partial charge is 0.253 e. The lowest BCUT2D eigenvalue weighted by atomic mass is 10.2. The molecule has 0 unspecified atom stereocenters. The van der Waals surface area contributed by atoms with E-state index >= 15 is 0 Å². The average Bonchev–Trinajstić information content (AvgIpc) is 3.21. The molecule has 0 fully saturated rings. The van der Waals surface area contributed by atoms with Crippen LogP contribution in [0.15, 0.2) is 78.7 Å². The van der Waals surface area contributed by atoms with Crippen LogP contribution in [-0.4, -0.2) is 24.5 Å². The van der Waals surface area contributed by atoms with E-state index in [-0.39, 0.29) is 5.91 Å². The van der Waals surface area contributed by atoms with Gasteiger partial charge in [0.25, 0.3) is 5.91 Å². The van der Waals surface area contributed by atoms with Gasteiger partial charge in [-0.1, -0.05) is 48.5 Å². The number of anilines is 1. The molecule has 0 aliphatic heterocycles. The number of thiazole rings is 1. The molecule has 0 spiro atoms. The van der Waals surface area contributed by atoms with Gasteiger partial charge in [0, 0.05) is 23.6 Å². The third-order valence-electron chi connectivity index (χ3n) is 3.88. The number of hydrogen-bond donors (Lipinski definition) is 0. The molecule has 0 saturated carbocycles. The molecule has 1 amide bonds. The Labute approximate surface area is 163 Å². The van der Waals surface area contributed by atoms with Gasteiger partial charge in [0.1, 0.15) is 5.75 Å². The molecule has 5 heteroatoms. The zero-order valence-corrected chi connectivity index (χ0v) is 15.9. The van der Waals surface area contributed by atoms with Gasteiger partial charge in [0.2, 0.25) is 0 Å². The van der Waals surface area contributed by atoms with Crippen LogP contribution in [0.5, 0.6) is 5.75 Å². The SMILES string of the molecule is C=CCN(C(=O)C=Cc1cccc(OC)c1)c1nc(-c2ccccc2)cs1. The fourth-order valence-electron chi connectivity index (χ4n) is 2.52. The van der Waals surface area contributed by atoms with Crippen molar-refractivity contribution in [2.24, 2.45) is 0 Å². The number of ether oxygens (including phenoxy) is 1. The summed E-state index contributed by atoms with van der Waals surface area (Å²) in [6.45, 7) is 4.15. The van der Waals surface area contributed by atoms with Crippen molar-refractivity contribution in [3.05, 3.63) is 84.3 Å². The van der Waals surface area contributed by atoms with Crippen molar-refractivity contribution in [1.82, 2.24) is 4.98 Å². The summed E-state index contributed by atoms with van der Waals surface area (Å²) in [7, 11) is 1.62. The lowest BCUT2D eigenvalue weighted by Crippen LogP contribution is -2.29. The zero-order valence-electron chi connectivity index (χ0n) is 15.0. The first kappa shape index (κ1) is 18.6. The van der Waals surface area contributed by atoms with Gasteiger partial charge >= 0.3 is 0 Å². The molecule has 3 rings (SSSR count). The maximum Gasteiger partial charge on any atom is 0.253 e. The molecule has 2 aromatic carbocycles. The monoisotopic (exact) mass is 376 g/mol. The molecule has 27 heavy (non-hydrogen) atoms. The van der Waals surface area contributed by atoms with Crippen molar-refractivity contribution in [3.8, 4) is 17.0 Å². The van der Waals surface area contributed by atoms with Gasteiger partial charge in [0.15, 0.2) is 5.13 Å². The van der Waals surface area contributed by atoms with Gasteiger partial charge in [-0.2, -0.15) is 0 Å². The van der Waals surface area contributed by atoms with Crippen molar-refractivity contribution < 1.29 is 9.53 Å². The summed E-state index contributed by atoms with van der Waals surface area (Å²) in [5.74, 6) is 0.603. The van der Waals surface area contributed by atoms with Crippen molar-refractivity contribution >= 4 is 28.5 Å². The summed E-state index contributed by atoms with van der Waals surface area (Å²) in [5, 5.41) is 2.61. The number of nitrogens with zero attached hydrogens (tertiary/aromatic N) is 2. The molecule has 0 aliphatic carbocycles. The minimum atomic E-state index is -0.147. The van der Waals surface area contributed by atoms with E-state index in [1.54, 1.807) is 30.2 Å². The first-order valence-corrected chi connectivity index (χ1v) is 9.34. The number of rotatable bonds is 7. The van der Waals surface area contributed by atoms with E-state index in [2.05, 4.69) is 11.6 Å². The Morgan fingerprint density at radius 1 is 1.22 bits per heavy atom. The fraction of sp³-hybridized carbons (Fsp3) is 0.0909. The highest BCUT2D eigenvalue weighted by atomic mass is 32.1. The zero-order chi connectivity index (χ0) is 19.1. The molecular formula is C22H20N2O2S. The number of carbonyl (C=O) groups is 1. The van der Waals surface area contributed by atoms with E-state index in [0.717, 1.165) is 22.6 Å². The summed E-state index contributed by atoms with van der Waals surface area (Å²) in [6.07, 6.45) is 5.01. The topological polar surface area (TPSA) is 42.4 Å². The molecule has 136 valence electrons. The summed E-state index contributed by atoms with van der Waals surface area (Å²) in [5.41, 5.74) is 2.78. The van der Waals surface area contributed by atoms with Crippen LogP contribution >= 0.6 is 11.3 Å². The fourth-order valence-corrected chi connectivity index (χ4v) is 3.37. The lowest BCUT2D eigenvalue weighted by molar-refractivity contribution is -0.114. The van der Waals surface area contributed by atoms with E-state index in [4.69, 9.17) is 4.74 Å². The van der Waals surface area contributed by atoms with Crippen LogP contribution in [0, 0.1) is 0 Å². The Bertz CT molecular complexity index is 948. The molecule has 0 atom stereocenters. The van der Waals surface area contributed by atoms with E-state index in [1.165, 1.54) is 11.3 Å². The Morgan fingerprint density at radius 3 is 2.78 bits per heavy atom. The Kier molecular flexibility index (Phi) is 6.18. The van der Waals surface area contributed by atoms with Gasteiger partial charge in [-0.25, -0.2) is 4.98 Å². The minimum Gasteiger partial charge on any atom is -0.497 e. The van der Waals surface area contributed by atoms with Crippen molar-refractivity contribution in [3.63, 3.8) is 0 Å². The molecule has 0 radical (unpaired) electrons. The molecule has 3 aromatic rings. The van der Waals surface area contributed by atoms with Crippen LogP contribution in [-0.2, 0) is 4.79 Å². The summed E-state index contributed by atoms with van der Waals surface area (Å²) in [6, 6.07) is 17.5. The van der Waals surface area contributed by atoms with Gasteiger partial charge in [-0.15, -0.1) is 17.9 Å². The van der Waals surface area contributed by atoms with Crippen LogP contribution in [0.1, 0.15) is 5.56 Å². The van der Waals surface area contributed by atoms with Crippen molar-refractivity contribution in [2.45, 2.75) is 0 Å². The maximum atomic E-state index is 12.7. The maximum absolute atomic E-state index is 12.7. The van der Waals surface area contributed by atoms with E-state index in [0.29, 0.717) is 11.7 Å². The summed E-state index contributed by atoms with van der Waals surface area (Å²) >= 11 is 1.44. The second-order valence-electron chi connectivity index (χ2n) is 5.73. The summed E-state index contributed by atoms with van der Waals surface area (Å²) in [4.78, 5) is 19.0. The van der Waals surface area contributed by atoms with E-state index in [1.807, 2.05) is 60.0 Å². The number of carbonyl (C=O) groups excluding carboxylic acids is 1. The highest BCUT2D eigenvalue weighted by Gasteiger charge is 2.16. The van der Waals surface area contributed by atoms with E-state index < -0.39 is 0 Å². The Hall–Kier alpha value is -3.18. The van der Waals surface area contributed by atoms with Crippen molar-refractivity contribution in [1.29, 1.82) is 0 Å². The predicted octanol–water partition coefficient (Wildman–Crippen LogP) is 5.05. The molecule has 1 aromatic heterocycles. The molecule has 0 saturated heterocycles. The van der Waals surface area contributed by atoms with Crippen molar-refractivity contribution in [2.75, 3.05) is 18.6 Å². The van der Waals surface area contributed by atoms with Crippen LogP contribution < -0.4 is 9.64 Å². The van der Waals surface area contributed by atoms with Crippen LogP contribution in [0.4, 0.5) is 5.13 Å². The number of methoxy groups -OCH3 is 1. The van der Waals surface area contributed by atoms with Crippen LogP contribution in [0.25, 0.3) is 17.3 Å². The minimum absolute atomic E-state index is 0.147. The molecule has 0 aliphatic rings. The number of benzene rings is 2. The third-order valence-corrected chi connectivity index (χ3v) is 4.75. The molecule has 0 bridgehead atoms. The van der Waals surface area contributed by atoms with Gasteiger partial charge in [0.05, 0.1) is 12.8 Å². The molecule has 1 heterocycles. The highest BCUT2D eigenvalue weighted by molar-refractivity contribution is 7.14. The number of hydrogen-bond acceptors (Lipinski definition) is 4. The first-order chi connectivity index (χ1) is 13.2. The second kappa shape index (κ2) is 8.96. The van der Waals surface area contributed by atoms with Crippen LogP contribution in [0.3, 0.4) is 0 Å². The standard InChI is InChI=1S/C22H20N2O2S/c1-3-14-24(21(25)13-12-17-8-7-11-19(15-17)26-2)22-23-20(16-27-22)18-9-5-4-6-10-18/h3-13,15-16H,1,14H2,2H3. The van der Waals surface area contributed by atoms with Gasteiger partial charge in [-0.05, 0) is 23.8 Å². The summed E-state index contributed by atoms with van der Waals surface area (Å²) < 4.78 is 5.21. The molecule has 4 nitrogen and oxygen atoms in total. The quantitative estimate of drug-likeness (QED) is 0.428. The normalized spacial score (nSPS) is 10.7. The molecule has 0 N–H and O–H groups in total. The third kappa shape index (κ3) is 4.71. The first-order valence-electron chi connectivity index (χ1n) is 8.46. The average molecular weight is 376 g/mol. The van der Waals surface area contributed by atoms with E-state index in [9.17, 15) is 4.79 Å². The molecular weight excluding hydrogens is 356 g/mol. The van der Waals surface area contributed by atoms with Crippen LogP contribution in [0.2, 0.25) is 0 Å². The predicted molar refractivity (Wildman–Crippen MR) is 112 cm³/mol. The highest BCUT2D eigenvalue weighted by Crippen LogP contribution is 2.27. The number of amides is 1.